The highest BCUT2D eigenvalue weighted by Gasteiger charge is 2.10. The van der Waals surface area contributed by atoms with Crippen LogP contribution in [0, 0.1) is 0 Å². The largest absolute Gasteiger partial charge is 0.456 e. The molecule has 0 aliphatic carbocycles. The second-order valence-corrected chi connectivity index (χ2v) is 4.62. The first-order valence-electron chi connectivity index (χ1n) is 6.93. The van der Waals surface area contributed by atoms with Crippen LogP contribution in [0.5, 0.6) is 0 Å². The number of benzene rings is 1. The predicted octanol–water partition coefficient (Wildman–Crippen LogP) is 1.70. The van der Waals surface area contributed by atoms with Gasteiger partial charge in [0, 0.05) is 25.5 Å². The molecule has 1 N–H and O–H groups in total. The molecule has 0 radical (unpaired) electrons. The van der Waals surface area contributed by atoms with Crippen molar-refractivity contribution in [3.63, 3.8) is 0 Å². The van der Waals surface area contributed by atoms with Crippen molar-refractivity contribution in [3.8, 4) is 11.4 Å². The Morgan fingerprint density at radius 2 is 2.05 bits per heavy atom. The van der Waals surface area contributed by atoms with Gasteiger partial charge in [-0.25, -0.2) is 0 Å². The zero-order valence-corrected chi connectivity index (χ0v) is 12.2. The summed E-state index contributed by atoms with van der Waals surface area (Å²) in [5.74, 6) is 0.212. The van der Waals surface area contributed by atoms with Gasteiger partial charge in [0.1, 0.15) is 0 Å². The molecule has 0 atom stereocenters. The van der Waals surface area contributed by atoms with Crippen LogP contribution in [0.25, 0.3) is 11.4 Å². The van der Waals surface area contributed by atoms with Crippen molar-refractivity contribution in [2.24, 2.45) is 0 Å². The average Bonchev–Trinajstić information content (AvgIpc) is 2.99. The quantitative estimate of drug-likeness (QED) is 0.618. The first-order valence-corrected chi connectivity index (χ1v) is 6.93. The molecule has 1 amide bonds. The van der Waals surface area contributed by atoms with E-state index in [2.05, 4.69) is 15.5 Å². The van der Waals surface area contributed by atoms with Crippen LogP contribution in [0.4, 0.5) is 0 Å². The minimum atomic E-state index is -0.371. The van der Waals surface area contributed by atoms with Crippen molar-refractivity contribution in [3.05, 3.63) is 36.2 Å². The number of carbonyl (C=O) groups is 2. The van der Waals surface area contributed by atoms with E-state index in [4.69, 9.17) is 9.26 Å². The lowest BCUT2D eigenvalue weighted by molar-refractivity contribution is -0.145. The summed E-state index contributed by atoms with van der Waals surface area (Å²) in [5.41, 5.74) is 0.833. The van der Waals surface area contributed by atoms with Crippen LogP contribution in [-0.2, 0) is 20.9 Å². The minimum absolute atomic E-state index is 0.0567. The number of rotatable bonds is 7. The Morgan fingerprint density at radius 1 is 1.27 bits per heavy atom. The third-order valence-corrected chi connectivity index (χ3v) is 2.79. The summed E-state index contributed by atoms with van der Waals surface area (Å²) in [7, 11) is 0. The van der Waals surface area contributed by atoms with Crippen LogP contribution in [0.3, 0.4) is 0 Å². The summed E-state index contributed by atoms with van der Waals surface area (Å²) in [6, 6.07) is 9.37. The van der Waals surface area contributed by atoms with E-state index >= 15 is 0 Å². The molecule has 0 unspecified atom stereocenters. The van der Waals surface area contributed by atoms with E-state index in [1.54, 1.807) is 0 Å². The summed E-state index contributed by atoms with van der Waals surface area (Å²) < 4.78 is 10.1. The number of hydrogen-bond acceptors (Lipinski definition) is 6. The molecule has 7 heteroatoms. The first-order chi connectivity index (χ1) is 10.6. The van der Waals surface area contributed by atoms with Crippen LogP contribution in [-0.4, -0.2) is 28.6 Å². The molecule has 0 aliphatic heterocycles. The van der Waals surface area contributed by atoms with E-state index in [0.717, 1.165) is 5.56 Å². The second-order valence-electron chi connectivity index (χ2n) is 4.62. The van der Waals surface area contributed by atoms with E-state index in [-0.39, 0.29) is 30.8 Å². The number of amides is 1. The van der Waals surface area contributed by atoms with Gasteiger partial charge in [0.25, 0.3) is 5.89 Å². The molecule has 7 nitrogen and oxygen atoms in total. The molecule has 0 aliphatic rings. The summed E-state index contributed by atoms with van der Waals surface area (Å²) in [4.78, 5) is 26.3. The van der Waals surface area contributed by atoms with E-state index in [1.165, 1.54) is 6.92 Å². The van der Waals surface area contributed by atoms with Crippen molar-refractivity contribution in [2.75, 3.05) is 6.54 Å². The maximum Gasteiger partial charge on any atom is 0.306 e. The van der Waals surface area contributed by atoms with Gasteiger partial charge in [-0.2, -0.15) is 4.98 Å². The fraction of sp³-hybridized carbons (Fsp3) is 0.333. The Hall–Kier alpha value is -2.70. The third kappa shape index (κ3) is 5.01. The van der Waals surface area contributed by atoms with Crippen molar-refractivity contribution in [2.45, 2.75) is 26.4 Å². The Labute approximate surface area is 127 Å². The molecule has 0 saturated carbocycles. The maximum absolute atomic E-state index is 11.5. The predicted molar refractivity (Wildman–Crippen MR) is 77.4 cm³/mol. The molecule has 116 valence electrons. The Bertz CT molecular complexity index is 625. The standard InChI is InChI=1S/C15H17N3O4/c1-11(19)16-9-5-8-14(20)21-10-13-17-15(18-22-13)12-6-3-2-4-7-12/h2-4,6-7H,5,8-10H2,1H3,(H,16,19). The van der Waals surface area contributed by atoms with Crippen LogP contribution in [0.15, 0.2) is 34.9 Å². The lowest BCUT2D eigenvalue weighted by atomic mass is 10.2. The van der Waals surface area contributed by atoms with Crippen molar-refractivity contribution in [1.29, 1.82) is 0 Å². The fourth-order valence-electron chi connectivity index (χ4n) is 1.73. The third-order valence-electron chi connectivity index (χ3n) is 2.79. The van der Waals surface area contributed by atoms with Gasteiger partial charge in [-0.15, -0.1) is 0 Å². The Morgan fingerprint density at radius 3 is 2.77 bits per heavy atom. The molecule has 0 spiro atoms. The lowest BCUT2D eigenvalue weighted by Gasteiger charge is -2.02. The molecule has 0 fully saturated rings. The zero-order valence-electron chi connectivity index (χ0n) is 12.2. The summed E-state index contributed by atoms with van der Waals surface area (Å²) in [6.45, 7) is 1.82. The molecule has 0 bridgehead atoms. The average molecular weight is 303 g/mol. The maximum atomic E-state index is 11.5. The van der Waals surface area contributed by atoms with E-state index < -0.39 is 0 Å². The molecule has 1 heterocycles. The number of carbonyl (C=O) groups excluding carboxylic acids is 2. The molecule has 2 rings (SSSR count). The summed E-state index contributed by atoms with van der Waals surface area (Å²) in [5, 5.41) is 6.44. The zero-order chi connectivity index (χ0) is 15.8. The molecule has 0 saturated heterocycles. The van der Waals surface area contributed by atoms with Crippen LogP contribution in [0.2, 0.25) is 0 Å². The van der Waals surface area contributed by atoms with Gasteiger partial charge < -0.3 is 14.6 Å². The fourth-order valence-corrected chi connectivity index (χ4v) is 1.73. The molecular weight excluding hydrogens is 286 g/mol. The number of nitrogens with zero attached hydrogens (tertiary/aromatic N) is 2. The first kappa shape index (κ1) is 15.7. The van der Waals surface area contributed by atoms with Gasteiger partial charge in [-0.1, -0.05) is 35.5 Å². The summed E-state index contributed by atoms with van der Waals surface area (Å²) in [6.07, 6.45) is 0.747. The molecule has 1 aromatic carbocycles. The van der Waals surface area contributed by atoms with E-state index in [1.807, 2.05) is 30.3 Å². The van der Waals surface area contributed by atoms with Gasteiger partial charge in [0.2, 0.25) is 11.7 Å². The molecule has 22 heavy (non-hydrogen) atoms. The Kier molecular flexibility index (Phi) is 5.65. The number of ether oxygens (including phenoxy) is 1. The number of aromatic nitrogens is 2. The smallest absolute Gasteiger partial charge is 0.306 e. The van der Waals surface area contributed by atoms with Crippen LogP contribution in [0.1, 0.15) is 25.7 Å². The highest BCUT2D eigenvalue weighted by Crippen LogP contribution is 2.15. The monoisotopic (exact) mass is 303 g/mol. The normalized spacial score (nSPS) is 10.2. The van der Waals surface area contributed by atoms with E-state index in [9.17, 15) is 9.59 Å². The SMILES string of the molecule is CC(=O)NCCCC(=O)OCc1nc(-c2ccccc2)no1. The van der Waals surface area contributed by atoms with Crippen molar-refractivity contribution in [1.82, 2.24) is 15.5 Å². The highest BCUT2D eigenvalue weighted by atomic mass is 16.6. The van der Waals surface area contributed by atoms with Gasteiger partial charge in [-0.05, 0) is 6.42 Å². The number of hydrogen-bond donors (Lipinski definition) is 1. The number of esters is 1. The van der Waals surface area contributed by atoms with E-state index in [0.29, 0.717) is 18.8 Å². The number of nitrogens with one attached hydrogen (secondary N) is 1. The molecule has 1 aromatic heterocycles. The van der Waals surface area contributed by atoms with Gasteiger partial charge in [0.15, 0.2) is 6.61 Å². The van der Waals surface area contributed by atoms with Crippen LogP contribution >= 0.6 is 0 Å². The van der Waals surface area contributed by atoms with Crippen molar-refractivity contribution >= 4 is 11.9 Å². The summed E-state index contributed by atoms with van der Waals surface area (Å²) >= 11 is 0. The van der Waals surface area contributed by atoms with Gasteiger partial charge >= 0.3 is 5.97 Å². The lowest BCUT2D eigenvalue weighted by Crippen LogP contribution is -2.21. The molecule has 2 aromatic rings. The highest BCUT2D eigenvalue weighted by molar-refractivity contribution is 5.73. The van der Waals surface area contributed by atoms with Crippen LogP contribution < -0.4 is 5.32 Å². The topological polar surface area (TPSA) is 94.3 Å². The minimum Gasteiger partial charge on any atom is -0.456 e. The van der Waals surface area contributed by atoms with Gasteiger partial charge in [-0.3, -0.25) is 9.59 Å². The van der Waals surface area contributed by atoms with Gasteiger partial charge in [0.05, 0.1) is 0 Å². The Balaban J connectivity index is 1.74. The molecular formula is C15H17N3O4. The second kappa shape index (κ2) is 7.92. The van der Waals surface area contributed by atoms with Crippen molar-refractivity contribution < 1.29 is 18.8 Å².